The first-order chi connectivity index (χ1) is 7.88. The molecule has 0 aliphatic heterocycles. The Morgan fingerprint density at radius 1 is 1.06 bits per heavy atom. The Hall–Kier alpha value is -1.18. The summed E-state index contributed by atoms with van der Waals surface area (Å²) in [5, 5.41) is 3.29. The van der Waals surface area contributed by atoms with Crippen molar-refractivity contribution in [1.29, 1.82) is 0 Å². The van der Waals surface area contributed by atoms with Crippen molar-refractivity contribution >= 4 is 5.69 Å². The summed E-state index contributed by atoms with van der Waals surface area (Å²) < 4.78 is 5.18. The minimum Gasteiger partial charge on any atom is -0.495 e. The lowest BCUT2D eigenvalue weighted by Gasteiger charge is -2.09. The average Bonchev–Trinajstić information content (AvgIpc) is 2.41. The summed E-state index contributed by atoms with van der Waals surface area (Å²) in [5.41, 5.74) is 1.07. The van der Waals surface area contributed by atoms with Gasteiger partial charge in [-0.3, -0.25) is 0 Å². The number of anilines is 1. The zero-order chi connectivity index (χ0) is 12.8. The maximum atomic E-state index is 5.18. The third kappa shape index (κ3) is 7.16. The van der Waals surface area contributed by atoms with E-state index in [2.05, 4.69) is 12.2 Å². The van der Waals surface area contributed by atoms with Crippen molar-refractivity contribution in [2.75, 3.05) is 19.0 Å². The second-order valence-electron chi connectivity index (χ2n) is 2.63. The summed E-state index contributed by atoms with van der Waals surface area (Å²) in [4.78, 5) is 0. The van der Waals surface area contributed by atoms with E-state index in [0.29, 0.717) is 0 Å². The molecule has 0 aromatic heterocycles. The fourth-order valence-electron chi connectivity index (χ4n) is 1.05. The highest BCUT2D eigenvalue weighted by molar-refractivity contribution is 5.55. The Balaban J connectivity index is 0. The third-order valence-electron chi connectivity index (χ3n) is 1.67. The molecule has 1 N–H and O–H groups in total. The zero-order valence-corrected chi connectivity index (χ0v) is 11.6. The van der Waals surface area contributed by atoms with Crippen molar-refractivity contribution in [3.63, 3.8) is 0 Å². The SMILES string of the molecule is CC.CC.CCCNc1ccccc1OC. The first-order valence-corrected chi connectivity index (χ1v) is 6.25. The number of hydrogen-bond acceptors (Lipinski definition) is 2. The van der Waals surface area contributed by atoms with Gasteiger partial charge in [0.25, 0.3) is 0 Å². The lowest BCUT2D eigenvalue weighted by molar-refractivity contribution is 0.416. The molecular formula is C14H27NO. The van der Waals surface area contributed by atoms with Gasteiger partial charge in [0.1, 0.15) is 5.75 Å². The van der Waals surface area contributed by atoms with Gasteiger partial charge in [-0.05, 0) is 18.6 Å². The topological polar surface area (TPSA) is 21.3 Å². The summed E-state index contributed by atoms with van der Waals surface area (Å²) >= 11 is 0. The smallest absolute Gasteiger partial charge is 0.141 e. The van der Waals surface area contributed by atoms with Crippen molar-refractivity contribution in [3.05, 3.63) is 24.3 Å². The van der Waals surface area contributed by atoms with Gasteiger partial charge < -0.3 is 10.1 Å². The Morgan fingerprint density at radius 2 is 1.62 bits per heavy atom. The van der Waals surface area contributed by atoms with Crippen LogP contribution >= 0.6 is 0 Å². The van der Waals surface area contributed by atoms with E-state index < -0.39 is 0 Å². The van der Waals surface area contributed by atoms with Gasteiger partial charge in [-0.2, -0.15) is 0 Å². The quantitative estimate of drug-likeness (QED) is 0.810. The van der Waals surface area contributed by atoms with Crippen LogP contribution in [0.25, 0.3) is 0 Å². The van der Waals surface area contributed by atoms with Gasteiger partial charge in [0.05, 0.1) is 12.8 Å². The molecule has 94 valence electrons. The zero-order valence-electron chi connectivity index (χ0n) is 11.6. The summed E-state index contributed by atoms with van der Waals surface area (Å²) in [6.07, 6.45) is 1.12. The maximum Gasteiger partial charge on any atom is 0.141 e. The molecule has 0 radical (unpaired) electrons. The van der Waals surface area contributed by atoms with Crippen LogP contribution in [0.5, 0.6) is 5.75 Å². The van der Waals surface area contributed by atoms with E-state index in [9.17, 15) is 0 Å². The van der Waals surface area contributed by atoms with Crippen LogP contribution in [0.2, 0.25) is 0 Å². The van der Waals surface area contributed by atoms with Crippen LogP contribution in [0, 0.1) is 0 Å². The molecule has 2 heteroatoms. The second kappa shape index (κ2) is 13.8. The van der Waals surface area contributed by atoms with Gasteiger partial charge >= 0.3 is 0 Å². The number of benzene rings is 1. The van der Waals surface area contributed by atoms with Crippen molar-refractivity contribution < 1.29 is 4.74 Å². The predicted molar refractivity (Wildman–Crippen MR) is 74.5 cm³/mol. The number of methoxy groups -OCH3 is 1. The van der Waals surface area contributed by atoms with Crippen LogP contribution in [0.1, 0.15) is 41.0 Å². The molecule has 1 aromatic carbocycles. The molecule has 0 spiro atoms. The molecule has 0 unspecified atom stereocenters. The molecule has 0 bridgehead atoms. The van der Waals surface area contributed by atoms with Crippen molar-refractivity contribution in [2.45, 2.75) is 41.0 Å². The van der Waals surface area contributed by atoms with E-state index in [1.807, 2.05) is 52.0 Å². The van der Waals surface area contributed by atoms with Gasteiger partial charge in [-0.1, -0.05) is 46.8 Å². The third-order valence-corrected chi connectivity index (χ3v) is 1.67. The summed E-state index contributed by atoms with van der Waals surface area (Å²) in [5.74, 6) is 0.908. The van der Waals surface area contributed by atoms with E-state index in [-0.39, 0.29) is 0 Å². The van der Waals surface area contributed by atoms with Crippen LogP contribution in [-0.2, 0) is 0 Å². The molecule has 0 saturated carbocycles. The van der Waals surface area contributed by atoms with Crippen LogP contribution in [-0.4, -0.2) is 13.7 Å². The minimum absolute atomic E-state index is 0.908. The highest BCUT2D eigenvalue weighted by Gasteiger charge is 1.97. The number of ether oxygens (including phenoxy) is 1. The lowest BCUT2D eigenvalue weighted by atomic mass is 10.3. The largest absolute Gasteiger partial charge is 0.495 e. The molecule has 1 rings (SSSR count). The molecule has 2 nitrogen and oxygen atoms in total. The Bertz CT molecular complexity index is 236. The van der Waals surface area contributed by atoms with E-state index in [4.69, 9.17) is 4.74 Å². The first kappa shape index (κ1) is 17.2. The number of para-hydroxylation sites is 2. The molecule has 16 heavy (non-hydrogen) atoms. The van der Waals surface area contributed by atoms with Crippen LogP contribution in [0.3, 0.4) is 0 Å². The van der Waals surface area contributed by atoms with E-state index >= 15 is 0 Å². The molecule has 0 amide bonds. The predicted octanol–water partition coefficient (Wildman–Crippen LogP) is 4.57. The molecule has 0 saturated heterocycles. The van der Waals surface area contributed by atoms with Gasteiger partial charge in [-0.15, -0.1) is 0 Å². The number of rotatable bonds is 4. The standard InChI is InChI=1S/C10H15NO.2C2H6/c1-3-8-11-9-6-4-5-7-10(9)12-2;2*1-2/h4-7,11H,3,8H2,1-2H3;2*1-2H3. The average molecular weight is 225 g/mol. The molecule has 0 fully saturated rings. The highest BCUT2D eigenvalue weighted by atomic mass is 16.5. The van der Waals surface area contributed by atoms with Gasteiger partial charge in [0.2, 0.25) is 0 Å². The van der Waals surface area contributed by atoms with Gasteiger partial charge in [-0.25, -0.2) is 0 Å². The van der Waals surface area contributed by atoms with Gasteiger partial charge in [0.15, 0.2) is 0 Å². The highest BCUT2D eigenvalue weighted by Crippen LogP contribution is 2.22. The summed E-state index contributed by atoms with van der Waals surface area (Å²) in [7, 11) is 1.69. The van der Waals surface area contributed by atoms with E-state index in [0.717, 1.165) is 24.4 Å². The van der Waals surface area contributed by atoms with Crippen molar-refractivity contribution in [2.24, 2.45) is 0 Å². The Morgan fingerprint density at radius 3 is 2.12 bits per heavy atom. The normalized spacial score (nSPS) is 7.88. The second-order valence-corrected chi connectivity index (χ2v) is 2.63. The summed E-state index contributed by atoms with van der Waals surface area (Å²) in [6.45, 7) is 11.1. The van der Waals surface area contributed by atoms with E-state index in [1.54, 1.807) is 7.11 Å². The lowest BCUT2D eigenvalue weighted by Crippen LogP contribution is -2.01. The fraction of sp³-hybridized carbons (Fsp3) is 0.571. The van der Waals surface area contributed by atoms with Crippen LogP contribution < -0.4 is 10.1 Å². The minimum atomic E-state index is 0.908. The molecule has 0 aliphatic carbocycles. The fourth-order valence-corrected chi connectivity index (χ4v) is 1.05. The molecule has 0 aliphatic rings. The summed E-state index contributed by atoms with van der Waals surface area (Å²) in [6, 6.07) is 7.95. The number of nitrogens with one attached hydrogen (secondary N) is 1. The van der Waals surface area contributed by atoms with E-state index in [1.165, 1.54) is 0 Å². The number of hydrogen-bond donors (Lipinski definition) is 1. The molecule has 0 heterocycles. The molecule has 0 atom stereocenters. The maximum absolute atomic E-state index is 5.18. The van der Waals surface area contributed by atoms with Crippen molar-refractivity contribution in [1.82, 2.24) is 0 Å². The Kier molecular flexibility index (Phi) is 14.9. The first-order valence-electron chi connectivity index (χ1n) is 6.25. The monoisotopic (exact) mass is 225 g/mol. The van der Waals surface area contributed by atoms with Crippen LogP contribution in [0.15, 0.2) is 24.3 Å². The molecule has 1 aromatic rings. The van der Waals surface area contributed by atoms with Crippen LogP contribution in [0.4, 0.5) is 5.69 Å². The Labute approximate surface area is 101 Å². The molecular weight excluding hydrogens is 198 g/mol. The van der Waals surface area contributed by atoms with Crippen molar-refractivity contribution in [3.8, 4) is 5.75 Å². The van der Waals surface area contributed by atoms with Gasteiger partial charge in [0, 0.05) is 6.54 Å².